The maximum Gasteiger partial charge on any atom is 0.309 e. The summed E-state index contributed by atoms with van der Waals surface area (Å²) in [6.45, 7) is 12.4. The molecule has 3 unspecified atom stereocenters. The van der Waals surface area contributed by atoms with Gasteiger partial charge in [0.1, 0.15) is 4.75 Å². The quantitative estimate of drug-likeness (QED) is 0.409. The standard InChI is InChI=1S/C30H41F2N3O5S/c1-16-19(25(36)33-18-12-28(5,13-18)26(37)38)11-22-29(6)14-21(24(31)32)30(7,41(39,40)34-27(2,3)4)20-10-8-9-17(23(20)29)15-35(16)22/h11,14,17-18,24,34H,8-10,12-13,15H2,1-7H3,(H,33,36)(H,37,38)/t17?,18-,28-,29?,30?. The Morgan fingerprint density at radius 1 is 1.17 bits per heavy atom. The van der Waals surface area contributed by atoms with Crippen molar-refractivity contribution in [2.75, 3.05) is 0 Å². The Labute approximate surface area is 240 Å². The molecule has 4 aliphatic rings. The van der Waals surface area contributed by atoms with Gasteiger partial charge in [-0.15, -0.1) is 0 Å². The first kappa shape index (κ1) is 29.9. The number of amides is 1. The van der Waals surface area contributed by atoms with E-state index in [2.05, 4.69) is 10.0 Å². The van der Waals surface area contributed by atoms with Crippen molar-refractivity contribution in [1.82, 2.24) is 14.6 Å². The van der Waals surface area contributed by atoms with Crippen LogP contribution in [0, 0.1) is 18.3 Å². The van der Waals surface area contributed by atoms with Gasteiger partial charge >= 0.3 is 5.97 Å². The van der Waals surface area contributed by atoms with E-state index in [4.69, 9.17) is 0 Å². The van der Waals surface area contributed by atoms with Crippen LogP contribution in [-0.4, -0.2) is 52.7 Å². The molecule has 1 aromatic rings. The van der Waals surface area contributed by atoms with Crippen molar-refractivity contribution >= 4 is 21.9 Å². The van der Waals surface area contributed by atoms with Crippen molar-refractivity contribution < 1.29 is 31.9 Å². The Bertz CT molecular complexity index is 1500. The van der Waals surface area contributed by atoms with Gasteiger partial charge in [-0.2, -0.15) is 0 Å². The summed E-state index contributed by atoms with van der Waals surface area (Å²) in [7, 11) is -4.25. The van der Waals surface area contributed by atoms with Crippen LogP contribution in [0.1, 0.15) is 95.4 Å². The third-order valence-corrected chi connectivity index (χ3v) is 12.3. The van der Waals surface area contributed by atoms with Crippen LogP contribution < -0.4 is 10.0 Å². The molecule has 1 aliphatic heterocycles. The van der Waals surface area contributed by atoms with Gasteiger partial charge in [-0.05, 0) is 104 Å². The zero-order valence-corrected chi connectivity index (χ0v) is 25.6. The van der Waals surface area contributed by atoms with Crippen LogP contribution in [0.4, 0.5) is 8.78 Å². The average Bonchev–Trinajstić information content (AvgIpc) is 3.15. The molecule has 1 fully saturated rings. The number of allylic oxidation sites excluding steroid dienone is 2. The van der Waals surface area contributed by atoms with Crippen molar-refractivity contribution in [1.29, 1.82) is 0 Å². The van der Waals surface area contributed by atoms with Crippen molar-refractivity contribution in [3.05, 3.63) is 45.8 Å². The fourth-order valence-corrected chi connectivity index (χ4v) is 9.81. The number of sulfonamides is 1. The first-order valence-electron chi connectivity index (χ1n) is 14.3. The lowest BCUT2D eigenvalue weighted by atomic mass is 9.59. The van der Waals surface area contributed by atoms with Crippen molar-refractivity contribution in [2.45, 2.75) is 115 Å². The van der Waals surface area contributed by atoms with E-state index in [0.29, 0.717) is 54.8 Å². The van der Waals surface area contributed by atoms with E-state index in [9.17, 15) is 31.9 Å². The Hall–Kier alpha value is -2.53. The number of aliphatic carboxylic acids is 1. The Morgan fingerprint density at radius 3 is 2.37 bits per heavy atom. The second kappa shape index (κ2) is 9.23. The highest BCUT2D eigenvalue weighted by molar-refractivity contribution is 7.91. The summed E-state index contributed by atoms with van der Waals surface area (Å²) in [5.41, 5.74) is 0.106. The Balaban J connectivity index is 1.61. The van der Waals surface area contributed by atoms with Crippen LogP contribution >= 0.6 is 0 Å². The number of rotatable bonds is 6. The normalized spacial score (nSPS) is 33.1. The molecular weight excluding hydrogens is 552 g/mol. The average molecular weight is 594 g/mol. The highest BCUT2D eigenvalue weighted by atomic mass is 32.2. The molecule has 1 amide bonds. The molecule has 11 heteroatoms. The fraction of sp³-hybridized carbons (Fsp3) is 0.667. The summed E-state index contributed by atoms with van der Waals surface area (Å²) in [6.07, 6.45) is 1.02. The van der Waals surface area contributed by atoms with Crippen molar-refractivity contribution in [2.24, 2.45) is 11.3 Å². The number of carboxylic acids is 1. The lowest BCUT2D eigenvalue weighted by molar-refractivity contribution is -0.154. The summed E-state index contributed by atoms with van der Waals surface area (Å²) in [5.74, 6) is -1.26. The van der Waals surface area contributed by atoms with Gasteiger partial charge in [-0.1, -0.05) is 6.08 Å². The van der Waals surface area contributed by atoms with Gasteiger partial charge in [0, 0.05) is 40.5 Å². The molecule has 226 valence electrons. The van der Waals surface area contributed by atoms with Crippen molar-refractivity contribution in [3.63, 3.8) is 0 Å². The number of nitrogens with one attached hydrogen (secondary N) is 2. The molecular formula is C30H41F2N3O5S. The minimum atomic E-state index is -4.25. The third kappa shape index (κ3) is 4.40. The first-order valence-corrected chi connectivity index (χ1v) is 15.8. The van der Waals surface area contributed by atoms with Gasteiger partial charge in [0.25, 0.3) is 12.3 Å². The monoisotopic (exact) mass is 593 g/mol. The maximum absolute atomic E-state index is 14.9. The number of aromatic nitrogens is 1. The molecule has 0 spiro atoms. The molecule has 8 nitrogen and oxygen atoms in total. The molecule has 0 aromatic carbocycles. The predicted octanol–water partition coefficient (Wildman–Crippen LogP) is 4.83. The number of hydrogen-bond acceptors (Lipinski definition) is 4. The van der Waals surface area contributed by atoms with E-state index in [1.54, 1.807) is 33.8 Å². The molecule has 0 radical (unpaired) electrons. The van der Waals surface area contributed by atoms with Crippen LogP contribution in [0.15, 0.2) is 28.9 Å². The molecule has 0 saturated heterocycles. The molecule has 2 heterocycles. The first-order chi connectivity index (χ1) is 18.7. The van der Waals surface area contributed by atoms with E-state index >= 15 is 0 Å². The number of halogens is 2. The molecule has 5 rings (SSSR count). The number of carboxylic acid groups (broad SMARTS) is 1. The molecule has 41 heavy (non-hydrogen) atoms. The maximum atomic E-state index is 14.9. The molecule has 3 aliphatic carbocycles. The van der Waals surface area contributed by atoms with Gasteiger partial charge in [-0.3, -0.25) is 9.59 Å². The second-order valence-corrected chi connectivity index (χ2v) is 16.1. The summed E-state index contributed by atoms with van der Waals surface area (Å²) < 4.78 is 60.5. The Kier molecular flexibility index (Phi) is 6.74. The number of fused-ring (bicyclic) bond motifs is 2. The lowest BCUT2D eigenvalue weighted by Gasteiger charge is -2.52. The number of alkyl halides is 2. The molecule has 1 aromatic heterocycles. The zero-order chi connectivity index (χ0) is 30.5. The summed E-state index contributed by atoms with van der Waals surface area (Å²) in [5, 5.41) is 12.4. The summed E-state index contributed by atoms with van der Waals surface area (Å²) in [6, 6.07) is 1.49. The lowest BCUT2D eigenvalue weighted by Crippen LogP contribution is -2.57. The van der Waals surface area contributed by atoms with E-state index in [1.165, 1.54) is 13.0 Å². The number of carbonyl (C=O) groups is 2. The van der Waals surface area contributed by atoms with Crippen LogP contribution in [0.3, 0.4) is 0 Å². The second-order valence-electron chi connectivity index (χ2n) is 14.1. The molecule has 3 N–H and O–H groups in total. The van der Waals surface area contributed by atoms with Gasteiger partial charge < -0.3 is 15.0 Å². The zero-order valence-electron chi connectivity index (χ0n) is 24.8. The van der Waals surface area contributed by atoms with Gasteiger partial charge in [0.15, 0.2) is 0 Å². The van der Waals surface area contributed by atoms with E-state index in [-0.39, 0.29) is 17.9 Å². The van der Waals surface area contributed by atoms with Gasteiger partial charge in [0.05, 0.1) is 11.0 Å². The topological polar surface area (TPSA) is 118 Å². The smallest absolute Gasteiger partial charge is 0.309 e. The minimum Gasteiger partial charge on any atom is -0.481 e. The van der Waals surface area contributed by atoms with Gasteiger partial charge in [0.2, 0.25) is 10.0 Å². The van der Waals surface area contributed by atoms with Crippen LogP contribution in [-0.2, 0) is 26.8 Å². The van der Waals surface area contributed by atoms with E-state index in [1.807, 2.05) is 18.4 Å². The Morgan fingerprint density at radius 2 is 1.80 bits per heavy atom. The number of hydrogen-bond donors (Lipinski definition) is 3. The summed E-state index contributed by atoms with van der Waals surface area (Å²) >= 11 is 0. The van der Waals surface area contributed by atoms with Crippen LogP contribution in [0.5, 0.6) is 0 Å². The van der Waals surface area contributed by atoms with Gasteiger partial charge in [-0.25, -0.2) is 21.9 Å². The molecule has 3 atom stereocenters. The fourth-order valence-electron chi connectivity index (χ4n) is 7.80. The highest BCUT2D eigenvalue weighted by Crippen LogP contribution is 2.58. The van der Waals surface area contributed by atoms with Crippen LogP contribution in [0.2, 0.25) is 0 Å². The minimum absolute atomic E-state index is 0.0548. The van der Waals surface area contributed by atoms with E-state index < -0.39 is 49.1 Å². The summed E-state index contributed by atoms with van der Waals surface area (Å²) in [4.78, 5) is 24.9. The third-order valence-electron chi connectivity index (χ3n) is 9.85. The number of carbonyl (C=O) groups excluding carboxylic acids is 1. The highest BCUT2D eigenvalue weighted by Gasteiger charge is 2.59. The molecule has 1 saturated carbocycles. The number of nitrogens with zero attached hydrogens (tertiary/aromatic N) is 1. The van der Waals surface area contributed by atoms with Crippen LogP contribution in [0.25, 0.3) is 0 Å². The van der Waals surface area contributed by atoms with Crippen molar-refractivity contribution in [3.8, 4) is 0 Å². The predicted molar refractivity (Wildman–Crippen MR) is 151 cm³/mol. The molecule has 0 bridgehead atoms. The SMILES string of the molecule is Cc1c(C(=O)N[C@H]2C[C@](C)(C(=O)O)C2)cc2n1CC1CCCC3=C1C2(C)C=C(C(F)F)C3(C)S(=O)(=O)NC(C)(C)C. The van der Waals surface area contributed by atoms with E-state index in [0.717, 1.165) is 12.0 Å². The largest absolute Gasteiger partial charge is 0.481 e.